The van der Waals surface area contributed by atoms with Crippen LogP contribution in [0.3, 0.4) is 0 Å². The molecule has 2 amide bonds. The lowest BCUT2D eigenvalue weighted by atomic mass is 10.1. The van der Waals surface area contributed by atoms with E-state index in [1.54, 1.807) is 11.0 Å². The number of hydrogen-bond donors (Lipinski definition) is 2. The third-order valence-corrected chi connectivity index (χ3v) is 7.62. The molecule has 1 atom stereocenters. The second-order valence-corrected chi connectivity index (χ2v) is 10.6. The van der Waals surface area contributed by atoms with Crippen molar-refractivity contribution < 1.29 is 36.3 Å². The number of alkyl halides is 3. The summed E-state index contributed by atoms with van der Waals surface area (Å²) in [4.78, 5) is 31.1. The zero-order valence-electron chi connectivity index (χ0n) is 23.1. The molecule has 0 saturated carbocycles. The summed E-state index contributed by atoms with van der Waals surface area (Å²) in [5.74, 6) is -3.95. The van der Waals surface area contributed by atoms with E-state index in [0.717, 1.165) is 12.6 Å². The van der Waals surface area contributed by atoms with Gasteiger partial charge in [-0.1, -0.05) is 24.6 Å². The lowest BCUT2D eigenvalue weighted by molar-refractivity contribution is -0.139. The highest BCUT2D eigenvalue weighted by Gasteiger charge is 2.30. The quantitative estimate of drug-likeness (QED) is 0.409. The van der Waals surface area contributed by atoms with Crippen molar-refractivity contribution in [2.75, 3.05) is 69.2 Å². The van der Waals surface area contributed by atoms with Crippen molar-refractivity contribution in [3.63, 3.8) is 0 Å². The number of nitrogens with one attached hydrogen (secondary N) is 2. The first-order chi connectivity index (χ1) is 19.9. The first kappa shape index (κ1) is 31.9. The molecule has 2 saturated heterocycles. The van der Waals surface area contributed by atoms with Crippen molar-refractivity contribution in [2.24, 2.45) is 0 Å². The molecular weight excluding hydrogens is 585 g/mol. The van der Waals surface area contributed by atoms with Gasteiger partial charge >= 0.3 is 6.18 Å². The lowest BCUT2D eigenvalue weighted by Crippen LogP contribution is -2.49. The largest absolute Gasteiger partial charge is 0.390 e. The average Bonchev–Trinajstić information content (AvgIpc) is 2.97. The van der Waals surface area contributed by atoms with Gasteiger partial charge in [0.2, 0.25) is 0 Å². The van der Waals surface area contributed by atoms with Crippen molar-refractivity contribution in [3.8, 4) is 0 Å². The van der Waals surface area contributed by atoms with E-state index in [0.29, 0.717) is 56.6 Å². The van der Waals surface area contributed by atoms with E-state index in [1.807, 2.05) is 16.7 Å². The van der Waals surface area contributed by atoms with Gasteiger partial charge < -0.3 is 20.3 Å². The van der Waals surface area contributed by atoms with Crippen molar-refractivity contribution in [1.82, 2.24) is 15.1 Å². The van der Waals surface area contributed by atoms with Crippen LogP contribution in [-0.2, 0) is 16.1 Å². The van der Waals surface area contributed by atoms with Crippen LogP contribution in [0.1, 0.15) is 29.3 Å². The van der Waals surface area contributed by atoms with Gasteiger partial charge in [0, 0.05) is 62.9 Å². The molecule has 4 rings (SSSR count). The van der Waals surface area contributed by atoms with Gasteiger partial charge in [-0.2, -0.15) is 13.2 Å². The molecule has 14 heteroatoms. The van der Waals surface area contributed by atoms with Crippen LogP contribution in [0.4, 0.5) is 33.3 Å². The molecule has 230 valence electrons. The van der Waals surface area contributed by atoms with Crippen molar-refractivity contribution >= 4 is 34.8 Å². The smallest absolute Gasteiger partial charge is 0.367 e. The molecule has 2 aliphatic rings. The minimum atomic E-state index is -4.23. The monoisotopic (exact) mass is 617 g/mol. The highest BCUT2D eigenvalue weighted by Crippen LogP contribution is 2.31. The molecular formula is C28H33ClF5N5O3. The van der Waals surface area contributed by atoms with Crippen LogP contribution in [0, 0.1) is 11.6 Å². The van der Waals surface area contributed by atoms with Crippen molar-refractivity contribution in [1.29, 1.82) is 0 Å². The molecule has 2 aromatic rings. The standard InChI is InChI=1S/C28H33ClF5N5O3/c1-2-37-13-14-42-23(17-37)27(41)35-16-18-3-5-20(25(31)24(18)30)26(40)36-21-6-4-19(29)15-22(21)39-11-9-38(10-12-39)8-7-28(32,33)34/h3-6,15,23H,2,7-14,16-17H2,1H3,(H,35,41)(H,36,40). The molecule has 8 nitrogen and oxygen atoms in total. The van der Waals surface area contributed by atoms with Crippen LogP contribution in [0.25, 0.3) is 0 Å². The average molecular weight is 618 g/mol. The van der Waals surface area contributed by atoms with Crippen LogP contribution in [0.5, 0.6) is 0 Å². The second kappa shape index (κ2) is 14.0. The zero-order valence-corrected chi connectivity index (χ0v) is 23.8. The molecule has 0 bridgehead atoms. The summed E-state index contributed by atoms with van der Waals surface area (Å²) in [6.07, 6.45) is -5.85. The number of halogens is 6. The Kier molecular flexibility index (Phi) is 10.6. The molecule has 2 aliphatic heterocycles. The fraction of sp³-hybridized carbons (Fsp3) is 0.500. The Bertz CT molecular complexity index is 1270. The Labute approximate surface area is 245 Å². The normalized spacial score (nSPS) is 18.6. The third-order valence-electron chi connectivity index (χ3n) is 7.38. The summed E-state index contributed by atoms with van der Waals surface area (Å²) in [6.45, 7) is 5.36. The van der Waals surface area contributed by atoms with Crippen LogP contribution in [0.2, 0.25) is 5.02 Å². The van der Waals surface area contributed by atoms with E-state index in [9.17, 15) is 27.2 Å². The number of benzene rings is 2. The van der Waals surface area contributed by atoms with Gasteiger partial charge in [0.15, 0.2) is 11.6 Å². The van der Waals surface area contributed by atoms with Gasteiger partial charge in [0.1, 0.15) is 6.10 Å². The van der Waals surface area contributed by atoms with Gasteiger partial charge in [-0.3, -0.25) is 19.4 Å². The summed E-state index contributed by atoms with van der Waals surface area (Å²) >= 11 is 6.17. The summed E-state index contributed by atoms with van der Waals surface area (Å²) in [6, 6.07) is 7.02. The maximum absolute atomic E-state index is 15.0. The number of rotatable bonds is 9. The fourth-order valence-electron chi connectivity index (χ4n) is 4.90. The number of carbonyl (C=O) groups is 2. The van der Waals surface area contributed by atoms with Gasteiger partial charge in [-0.25, -0.2) is 8.78 Å². The molecule has 0 aromatic heterocycles. The van der Waals surface area contributed by atoms with E-state index in [4.69, 9.17) is 16.3 Å². The number of hydrogen-bond acceptors (Lipinski definition) is 6. The van der Waals surface area contributed by atoms with Gasteiger partial charge in [-0.15, -0.1) is 0 Å². The molecule has 0 radical (unpaired) electrons. The number of amides is 2. The number of carbonyl (C=O) groups excluding carboxylic acids is 2. The molecule has 0 spiro atoms. The molecule has 2 fully saturated rings. The SMILES string of the molecule is CCN1CCOC(C(=O)NCc2ccc(C(=O)Nc3ccc(Cl)cc3N3CCN(CCC(F)(F)F)CC3)c(F)c2F)C1. The van der Waals surface area contributed by atoms with Crippen molar-refractivity contribution in [3.05, 3.63) is 58.1 Å². The van der Waals surface area contributed by atoms with Gasteiger partial charge in [0.25, 0.3) is 11.8 Å². The lowest BCUT2D eigenvalue weighted by Gasteiger charge is -2.37. The number of piperazine rings is 1. The van der Waals surface area contributed by atoms with Crippen molar-refractivity contribution in [2.45, 2.75) is 32.2 Å². The number of ether oxygens (including phenoxy) is 1. The number of likely N-dealkylation sites (N-methyl/N-ethyl adjacent to an activating group) is 1. The molecule has 2 aromatic carbocycles. The third kappa shape index (κ3) is 8.30. The first-order valence-electron chi connectivity index (χ1n) is 13.7. The van der Waals surface area contributed by atoms with Gasteiger partial charge in [-0.05, 0) is 30.8 Å². The number of anilines is 2. The molecule has 2 N–H and O–H groups in total. The number of morpholine rings is 1. The zero-order chi connectivity index (χ0) is 30.4. The summed E-state index contributed by atoms with van der Waals surface area (Å²) in [5, 5.41) is 5.53. The Morgan fingerprint density at radius 3 is 2.45 bits per heavy atom. The number of nitrogens with zero attached hydrogens (tertiary/aromatic N) is 3. The van der Waals surface area contributed by atoms with Crippen LogP contribution in [-0.4, -0.2) is 92.9 Å². The van der Waals surface area contributed by atoms with E-state index in [-0.39, 0.29) is 24.3 Å². The highest BCUT2D eigenvalue weighted by atomic mass is 35.5. The van der Waals surface area contributed by atoms with Crippen LogP contribution < -0.4 is 15.5 Å². The summed E-state index contributed by atoms with van der Waals surface area (Å²) in [7, 11) is 0. The maximum atomic E-state index is 15.0. The van der Waals surface area contributed by atoms with E-state index in [1.165, 1.54) is 18.2 Å². The van der Waals surface area contributed by atoms with E-state index >= 15 is 4.39 Å². The minimum absolute atomic E-state index is 0.104. The summed E-state index contributed by atoms with van der Waals surface area (Å²) < 4.78 is 73.2. The van der Waals surface area contributed by atoms with E-state index < -0.39 is 47.7 Å². The second-order valence-electron chi connectivity index (χ2n) is 10.2. The van der Waals surface area contributed by atoms with E-state index in [2.05, 4.69) is 10.6 Å². The Hall–Kier alpha value is -3.00. The predicted octanol–water partition coefficient (Wildman–Crippen LogP) is 4.28. The first-order valence-corrected chi connectivity index (χ1v) is 14.1. The topological polar surface area (TPSA) is 77.1 Å². The summed E-state index contributed by atoms with van der Waals surface area (Å²) in [5.41, 5.74) is 0.141. The molecule has 0 aliphatic carbocycles. The fourth-order valence-corrected chi connectivity index (χ4v) is 5.07. The Morgan fingerprint density at radius 2 is 1.76 bits per heavy atom. The molecule has 1 unspecified atom stereocenters. The van der Waals surface area contributed by atoms with Gasteiger partial charge in [0.05, 0.1) is 30.0 Å². The Balaban J connectivity index is 1.39. The van der Waals surface area contributed by atoms with Crippen LogP contribution >= 0.6 is 11.6 Å². The predicted molar refractivity (Wildman–Crippen MR) is 149 cm³/mol. The minimum Gasteiger partial charge on any atom is -0.367 e. The molecule has 2 heterocycles. The highest BCUT2D eigenvalue weighted by molar-refractivity contribution is 6.31. The molecule has 42 heavy (non-hydrogen) atoms. The van der Waals surface area contributed by atoms with Crippen LogP contribution in [0.15, 0.2) is 30.3 Å². The maximum Gasteiger partial charge on any atom is 0.390 e. The Morgan fingerprint density at radius 1 is 1.02 bits per heavy atom.